The molecule has 1 aromatic carbocycles. The first-order valence-electron chi connectivity index (χ1n) is 9.04. The van der Waals surface area contributed by atoms with Gasteiger partial charge in [-0.15, -0.1) is 0 Å². The van der Waals surface area contributed by atoms with Crippen molar-refractivity contribution in [2.45, 2.75) is 83.8 Å². The van der Waals surface area contributed by atoms with Gasteiger partial charge in [0.25, 0.3) is 0 Å². The largest absolute Gasteiger partial charge is 0.496 e. The van der Waals surface area contributed by atoms with Crippen molar-refractivity contribution >= 4 is 0 Å². The Balaban J connectivity index is 2.85. The average molecular weight is 322 g/mol. The zero-order valence-corrected chi connectivity index (χ0v) is 15.3. The molecule has 0 aliphatic heterocycles. The quantitative estimate of drug-likeness (QED) is 0.639. The van der Waals surface area contributed by atoms with E-state index in [9.17, 15) is 10.2 Å². The van der Waals surface area contributed by atoms with Crippen LogP contribution in [0.5, 0.6) is 5.75 Å². The zero-order chi connectivity index (χ0) is 17.3. The predicted octanol–water partition coefficient (Wildman–Crippen LogP) is 4.27. The lowest BCUT2D eigenvalue weighted by atomic mass is 9.86. The number of hydrogen-bond donors (Lipinski definition) is 2. The molecule has 1 rings (SSSR count). The van der Waals surface area contributed by atoms with E-state index in [0.29, 0.717) is 6.42 Å². The number of hydrogen-bond acceptors (Lipinski definition) is 3. The fraction of sp³-hybridized carbons (Fsp3) is 0.700. The number of aryl methyl sites for hydroxylation is 1. The van der Waals surface area contributed by atoms with E-state index in [1.807, 2.05) is 19.1 Å². The maximum Gasteiger partial charge on any atom is 0.122 e. The second-order valence-electron chi connectivity index (χ2n) is 6.64. The fourth-order valence-electron chi connectivity index (χ4n) is 3.24. The second-order valence-corrected chi connectivity index (χ2v) is 6.64. The number of methoxy groups -OCH3 is 1. The monoisotopic (exact) mass is 322 g/mol. The van der Waals surface area contributed by atoms with Gasteiger partial charge in [0.05, 0.1) is 18.8 Å². The van der Waals surface area contributed by atoms with Crippen molar-refractivity contribution in [3.8, 4) is 5.75 Å². The summed E-state index contributed by atoms with van der Waals surface area (Å²) in [5, 5.41) is 20.7. The molecule has 0 bridgehead atoms. The summed E-state index contributed by atoms with van der Waals surface area (Å²) >= 11 is 0. The third-order valence-electron chi connectivity index (χ3n) is 4.58. The van der Waals surface area contributed by atoms with Crippen LogP contribution in [-0.4, -0.2) is 29.0 Å². The minimum Gasteiger partial charge on any atom is -0.496 e. The summed E-state index contributed by atoms with van der Waals surface area (Å²) in [7, 11) is 1.68. The summed E-state index contributed by atoms with van der Waals surface area (Å²) in [6.07, 6.45) is 6.37. The maximum absolute atomic E-state index is 10.8. The molecule has 0 saturated carbocycles. The molecule has 2 N–H and O–H groups in total. The van der Waals surface area contributed by atoms with Crippen molar-refractivity contribution in [3.05, 3.63) is 29.3 Å². The lowest BCUT2D eigenvalue weighted by Gasteiger charge is -2.28. The first-order chi connectivity index (χ1) is 11.0. The molecule has 0 aromatic heterocycles. The highest BCUT2D eigenvalue weighted by molar-refractivity contribution is 5.37. The lowest BCUT2D eigenvalue weighted by molar-refractivity contribution is 0.0131. The van der Waals surface area contributed by atoms with E-state index < -0.39 is 5.60 Å². The van der Waals surface area contributed by atoms with Gasteiger partial charge in [0.1, 0.15) is 5.75 Å². The molecule has 0 aliphatic rings. The summed E-state index contributed by atoms with van der Waals surface area (Å²) in [5.74, 6) is 0.870. The van der Waals surface area contributed by atoms with E-state index in [4.69, 9.17) is 4.74 Å². The molecule has 132 valence electrons. The van der Waals surface area contributed by atoms with E-state index in [1.54, 1.807) is 7.11 Å². The van der Waals surface area contributed by atoms with Gasteiger partial charge in [-0.05, 0) is 55.7 Å². The molecule has 0 amide bonds. The number of rotatable bonds is 11. The van der Waals surface area contributed by atoms with Gasteiger partial charge in [-0.2, -0.15) is 0 Å². The van der Waals surface area contributed by atoms with Crippen LogP contribution >= 0.6 is 0 Å². The average Bonchev–Trinajstić information content (AvgIpc) is 2.53. The highest BCUT2D eigenvalue weighted by Crippen LogP contribution is 2.29. The highest BCUT2D eigenvalue weighted by Gasteiger charge is 2.25. The van der Waals surface area contributed by atoms with Gasteiger partial charge in [0, 0.05) is 0 Å². The Bertz CT molecular complexity index is 450. The standard InChI is InChI=1S/C20H34O3/c1-5-11-20(22,12-6-2)13-10-17-14-16(15-18(21)7-3)8-9-19(17)23-4/h8-9,14,18,21-22H,5-7,10-13,15H2,1-4H3. The van der Waals surface area contributed by atoms with Gasteiger partial charge in [-0.3, -0.25) is 0 Å². The van der Waals surface area contributed by atoms with Crippen LogP contribution in [0.1, 0.15) is 70.4 Å². The Hall–Kier alpha value is -1.06. The Morgan fingerprint density at radius 1 is 1.09 bits per heavy atom. The second kappa shape index (κ2) is 9.94. The third kappa shape index (κ3) is 6.52. The molecule has 0 spiro atoms. The molecule has 3 nitrogen and oxygen atoms in total. The predicted molar refractivity (Wildman–Crippen MR) is 96.1 cm³/mol. The van der Waals surface area contributed by atoms with Crippen molar-refractivity contribution in [1.29, 1.82) is 0 Å². The van der Waals surface area contributed by atoms with Gasteiger partial charge in [-0.25, -0.2) is 0 Å². The number of aliphatic hydroxyl groups excluding tert-OH is 1. The Kier molecular flexibility index (Phi) is 8.64. The summed E-state index contributed by atoms with van der Waals surface area (Å²) < 4.78 is 5.47. The highest BCUT2D eigenvalue weighted by atomic mass is 16.5. The molecule has 1 unspecified atom stereocenters. The van der Waals surface area contributed by atoms with Crippen molar-refractivity contribution < 1.29 is 14.9 Å². The molecule has 3 heteroatoms. The van der Waals surface area contributed by atoms with E-state index in [-0.39, 0.29) is 6.10 Å². The molecule has 0 radical (unpaired) electrons. The van der Waals surface area contributed by atoms with Crippen molar-refractivity contribution in [3.63, 3.8) is 0 Å². The molecular weight excluding hydrogens is 288 g/mol. The van der Waals surface area contributed by atoms with Crippen molar-refractivity contribution in [2.75, 3.05) is 7.11 Å². The van der Waals surface area contributed by atoms with E-state index >= 15 is 0 Å². The van der Waals surface area contributed by atoms with Crippen LogP contribution in [-0.2, 0) is 12.8 Å². The van der Waals surface area contributed by atoms with Crippen LogP contribution in [0.15, 0.2) is 18.2 Å². The van der Waals surface area contributed by atoms with E-state index in [0.717, 1.165) is 61.8 Å². The summed E-state index contributed by atoms with van der Waals surface area (Å²) in [6, 6.07) is 6.12. The van der Waals surface area contributed by atoms with E-state index in [1.165, 1.54) is 0 Å². The molecule has 1 aromatic rings. The van der Waals surface area contributed by atoms with E-state index in [2.05, 4.69) is 19.9 Å². The van der Waals surface area contributed by atoms with Crippen LogP contribution in [0.2, 0.25) is 0 Å². The van der Waals surface area contributed by atoms with Gasteiger partial charge >= 0.3 is 0 Å². The van der Waals surface area contributed by atoms with Crippen LogP contribution < -0.4 is 4.74 Å². The topological polar surface area (TPSA) is 49.7 Å². The van der Waals surface area contributed by atoms with Crippen LogP contribution in [0.25, 0.3) is 0 Å². The Morgan fingerprint density at radius 2 is 1.74 bits per heavy atom. The fourth-order valence-corrected chi connectivity index (χ4v) is 3.24. The maximum atomic E-state index is 10.8. The molecule has 0 saturated heterocycles. The minimum absolute atomic E-state index is 0.298. The summed E-state index contributed by atoms with van der Waals surface area (Å²) in [4.78, 5) is 0. The van der Waals surface area contributed by atoms with Gasteiger partial charge in [0.15, 0.2) is 0 Å². The van der Waals surface area contributed by atoms with Crippen LogP contribution in [0.4, 0.5) is 0 Å². The number of ether oxygens (including phenoxy) is 1. The smallest absolute Gasteiger partial charge is 0.122 e. The third-order valence-corrected chi connectivity index (χ3v) is 4.58. The summed E-state index contributed by atoms with van der Waals surface area (Å²) in [6.45, 7) is 6.23. The Morgan fingerprint density at radius 3 is 2.26 bits per heavy atom. The molecule has 23 heavy (non-hydrogen) atoms. The molecule has 0 fully saturated rings. The van der Waals surface area contributed by atoms with Gasteiger partial charge in [0.2, 0.25) is 0 Å². The normalized spacial score (nSPS) is 13.1. The van der Waals surface area contributed by atoms with Crippen molar-refractivity contribution in [1.82, 2.24) is 0 Å². The lowest BCUT2D eigenvalue weighted by Crippen LogP contribution is -2.29. The SMILES string of the molecule is CCCC(O)(CCC)CCc1cc(CC(O)CC)ccc1OC. The first-order valence-corrected chi connectivity index (χ1v) is 9.04. The van der Waals surface area contributed by atoms with Crippen molar-refractivity contribution in [2.24, 2.45) is 0 Å². The van der Waals surface area contributed by atoms with Gasteiger partial charge < -0.3 is 14.9 Å². The summed E-state index contributed by atoms with van der Waals surface area (Å²) in [5.41, 5.74) is 1.68. The Labute approximate surface area is 141 Å². The van der Waals surface area contributed by atoms with Gasteiger partial charge in [-0.1, -0.05) is 45.7 Å². The van der Waals surface area contributed by atoms with Crippen LogP contribution in [0.3, 0.4) is 0 Å². The number of aliphatic hydroxyl groups is 2. The molecular formula is C20H34O3. The number of benzene rings is 1. The molecule has 0 heterocycles. The molecule has 0 aliphatic carbocycles. The minimum atomic E-state index is -0.576. The first kappa shape index (κ1) is 20.0. The zero-order valence-electron chi connectivity index (χ0n) is 15.3. The molecule has 1 atom stereocenters. The van der Waals surface area contributed by atoms with Crippen LogP contribution in [0, 0.1) is 0 Å².